The van der Waals surface area contributed by atoms with Crippen LogP contribution in [0.15, 0.2) is 53.5 Å². The maximum atomic E-state index is 12.8. The zero-order valence-corrected chi connectivity index (χ0v) is 16.7. The Morgan fingerprint density at radius 3 is 2.53 bits per heavy atom. The summed E-state index contributed by atoms with van der Waals surface area (Å²) in [7, 11) is 1.48. The quantitative estimate of drug-likeness (QED) is 0.484. The van der Waals surface area contributed by atoms with E-state index in [4.69, 9.17) is 4.74 Å². The second-order valence-corrected chi connectivity index (χ2v) is 6.99. The fourth-order valence-electron chi connectivity index (χ4n) is 3.25. The van der Waals surface area contributed by atoms with Crippen LogP contribution in [-0.2, 0) is 0 Å². The summed E-state index contributed by atoms with van der Waals surface area (Å²) in [4.78, 5) is 28.2. The van der Waals surface area contributed by atoms with Crippen LogP contribution >= 0.6 is 0 Å². The van der Waals surface area contributed by atoms with E-state index in [0.717, 1.165) is 11.1 Å². The maximum Gasteiger partial charge on any atom is 0.266 e. The molecule has 2 aromatic heterocycles. The van der Waals surface area contributed by atoms with E-state index in [2.05, 4.69) is 15.4 Å². The highest BCUT2D eigenvalue weighted by atomic mass is 16.5. The number of amides is 1. The third-order valence-corrected chi connectivity index (χ3v) is 4.83. The standard InChI is InChI=1S/C22H20N4O4/c1-12-4-7-14(8-5-12)26-20-15(11-23-26)19(27)18(22(29)25-20)21(28)24-16-10-13(2)6-9-17(16)30-3/h4-11H,1-3H3,(H,24,28)(H2,25,27,29). The first-order chi connectivity index (χ1) is 14.4. The van der Waals surface area contributed by atoms with Gasteiger partial charge in [0, 0.05) is 0 Å². The van der Waals surface area contributed by atoms with Crippen molar-refractivity contribution in [3.63, 3.8) is 0 Å². The minimum absolute atomic E-state index is 0.261. The highest BCUT2D eigenvalue weighted by Gasteiger charge is 2.22. The lowest BCUT2D eigenvalue weighted by Gasteiger charge is -2.12. The van der Waals surface area contributed by atoms with Gasteiger partial charge in [0.05, 0.1) is 30.1 Å². The molecule has 2 aromatic carbocycles. The number of carbonyl (C=O) groups excluding carboxylic acids is 1. The number of carbonyl (C=O) groups is 1. The third kappa shape index (κ3) is 3.28. The van der Waals surface area contributed by atoms with Crippen molar-refractivity contribution in [2.45, 2.75) is 13.8 Å². The van der Waals surface area contributed by atoms with Crippen molar-refractivity contribution in [1.29, 1.82) is 0 Å². The minimum Gasteiger partial charge on any atom is -0.506 e. The number of hydrogen-bond acceptors (Lipinski definition) is 5. The van der Waals surface area contributed by atoms with Gasteiger partial charge in [-0.25, -0.2) is 4.68 Å². The topological polar surface area (TPSA) is 109 Å². The number of methoxy groups -OCH3 is 1. The summed E-state index contributed by atoms with van der Waals surface area (Å²) in [5.74, 6) is -0.739. The number of fused-ring (bicyclic) bond motifs is 1. The van der Waals surface area contributed by atoms with Crippen LogP contribution in [0, 0.1) is 13.8 Å². The molecule has 0 fully saturated rings. The number of pyridine rings is 1. The maximum absolute atomic E-state index is 12.8. The van der Waals surface area contributed by atoms with Gasteiger partial charge >= 0.3 is 0 Å². The van der Waals surface area contributed by atoms with Crippen LogP contribution in [0.2, 0.25) is 0 Å². The molecule has 8 nitrogen and oxygen atoms in total. The monoisotopic (exact) mass is 404 g/mol. The molecule has 0 saturated heterocycles. The van der Waals surface area contributed by atoms with Gasteiger partial charge in [-0.15, -0.1) is 0 Å². The number of aromatic amines is 1. The van der Waals surface area contributed by atoms with E-state index in [0.29, 0.717) is 22.8 Å². The van der Waals surface area contributed by atoms with Gasteiger partial charge in [-0.2, -0.15) is 5.10 Å². The molecule has 8 heteroatoms. The number of rotatable bonds is 4. The second kappa shape index (κ2) is 7.40. The Kier molecular flexibility index (Phi) is 4.75. The zero-order valence-electron chi connectivity index (χ0n) is 16.7. The molecule has 1 amide bonds. The van der Waals surface area contributed by atoms with E-state index in [1.807, 2.05) is 44.2 Å². The number of anilines is 1. The number of aryl methyl sites for hydroxylation is 2. The van der Waals surface area contributed by atoms with Gasteiger partial charge in [0.1, 0.15) is 22.7 Å². The van der Waals surface area contributed by atoms with E-state index < -0.39 is 22.8 Å². The highest BCUT2D eigenvalue weighted by molar-refractivity contribution is 6.09. The fourth-order valence-corrected chi connectivity index (χ4v) is 3.25. The molecule has 0 atom stereocenters. The molecule has 2 heterocycles. The van der Waals surface area contributed by atoms with Gasteiger partial charge < -0.3 is 20.1 Å². The van der Waals surface area contributed by atoms with Gasteiger partial charge in [0.2, 0.25) is 0 Å². The van der Waals surface area contributed by atoms with Crippen LogP contribution in [0.25, 0.3) is 16.7 Å². The predicted octanol–water partition coefficient (Wildman–Crippen LogP) is 3.30. The predicted molar refractivity (Wildman–Crippen MR) is 114 cm³/mol. The Morgan fingerprint density at radius 2 is 1.83 bits per heavy atom. The van der Waals surface area contributed by atoms with Crippen molar-refractivity contribution in [1.82, 2.24) is 14.8 Å². The van der Waals surface area contributed by atoms with Crippen LogP contribution in [0.4, 0.5) is 5.69 Å². The molecule has 0 unspecified atom stereocenters. The Bertz CT molecular complexity index is 1320. The molecular formula is C22H20N4O4. The van der Waals surface area contributed by atoms with Gasteiger partial charge in [-0.1, -0.05) is 23.8 Å². The summed E-state index contributed by atoms with van der Waals surface area (Å²) in [5, 5.41) is 17.9. The average Bonchev–Trinajstić information content (AvgIpc) is 3.13. The van der Waals surface area contributed by atoms with E-state index in [9.17, 15) is 14.7 Å². The molecule has 0 bridgehead atoms. The molecule has 3 N–H and O–H groups in total. The summed E-state index contributed by atoms with van der Waals surface area (Å²) < 4.78 is 6.75. The minimum atomic E-state index is -0.748. The van der Waals surface area contributed by atoms with Gasteiger partial charge in [-0.3, -0.25) is 9.59 Å². The van der Waals surface area contributed by atoms with Crippen LogP contribution in [0.1, 0.15) is 21.5 Å². The largest absolute Gasteiger partial charge is 0.506 e. The number of ether oxygens (including phenoxy) is 1. The first kappa shape index (κ1) is 19.3. The first-order valence-corrected chi connectivity index (χ1v) is 9.25. The molecule has 4 rings (SSSR count). The zero-order chi connectivity index (χ0) is 21.4. The fraction of sp³-hybridized carbons (Fsp3) is 0.136. The van der Waals surface area contributed by atoms with E-state index in [-0.39, 0.29) is 5.39 Å². The molecule has 4 aromatic rings. The smallest absolute Gasteiger partial charge is 0.266 e. The summed E-state index contributed by atoms with van der Waals surface area (Å²) >= 11 is 0. The summed E-state index contributed by atoms with van der Waals surface area (Å²) in [5.41, 5.74) is 2.28. The molecule has 0 aliphatic heterocycles. The van der Waals surface area contributed by atoms with Gasteiger partial charge in [0.25, 0.3) is 11.5 Å². The number of H-pyrrole nitrogens is 1. The normalized spacial score (nSPS) is 10.9. The molecular weight excluding hydrogens is 384 g/mol. The summed E-state index contributed by atoms with van der Waals surface area (Å²) in [6, 6.07) is 12.8. The molecule has 0 spiro atoms. The Balaban J connectivity index is 1.77. The Hall–Kier alpha value is -4.07. The third-order valence-electron chi connectivity index (χ3n) is 4.83. The number of nitrogens with zero attached hydrogens (tertiary/aromatic N) is 2. The lowest BCUT2D eigenvalue weighted by molar-refractivity contribution is 0.102. The van der Waals surface area contributed by atoms with Crippen LogP contribution in [-0.4, -0.2) is 32.9 Å². The number of aromatic nitrogens is 3. The molecule has 30 heavy (non-hydrogen) atoms. The second-order valence-electron chi connectivity index (χ2n) is 6.99. The lowest BCUT2D eigenvalue weighted by Crippen LogP contribution is -2.24. The number of nitrogens with one attached hydrogen (secondary N) is 2. The lowest BCUT2D eigenvalue weighted by atomic mass is 10.1. The van der Waals surface area contributed by atoms with E-state index in [1.54, 1.807) is 12.1 Å². The molecule has 0 aliphatic carbocycles. The number of aromatic hydroxyl groups is 1. The van der Waals surface area contributed by atoms with Crippen molar-refractivity contribution in [2.24, 2.45) is 0 Å². The molecule has 152 valence electrons. The summed E-state index contributed by atoms with van der Waals surface area (Å²) in [6.07, 6.45) is 1.41. The van der Waals surface area contributed by atoms with Crippen molar-refractivity contribution >= 4 is 22.6 Å². The highest BCUT2D eigenvalue weighted by Crippen LogP contribution is 2.29. The van der Waals surface area contributed by atoms with Crippen molar-refractivity contribution < 1.29 is 14.6 Å². The Morgan fingerprint density at radius 1 is 1.13 bits per heavy atom. The first-order valence-electron chi connectivity index (χ1n) is 9.25. The van der Waals surface area contributed by atoms with E-state index >= 15 is 0 Å². The SMILES string of the molecule is COc1ccc(C)cc1NC(=O)c1c(O)c2cnn(-c3ccc(C)cc3)c2[nH]c1=O. The van der Waals surface area contributed by atoms with Crippen LogP contribution in [0.5, 0.6) is 11.5 Å². The van der Waals surface area contributed by atoms with Gasteiger partial charge in [0.15, 0.2) is 0 Å². The van der Waals surface area contributed by atoms with Crippen molar-refractivity contribution in [3.8, 4) is 17.2 Å². The van der Waals surface area contributed by atoms with Crippen molar-refractivity contribution in [2.75, 3.05) is 12.4 Å². The van der Waals surface area contributed by atoms with Crippen molar-refractivity contribution in [3.05, 3.63) is 75.7 Å². The average molecular weight is 404 g/mol. The number of hydrogen-bond donors (Lipinski definition) is 3. The summed E-state index contributed by atoms with van der Waals surface area (Å²) in [6.45, 7) is 3.83. The van der Waals surface area contributed by atoms with E-state index in [1.165, 1.54) is 18.0 Å². The Labute approximate surface area is 171 Å². The number of benzene rings is 2. The van der Waals surface area contributed by atoms with Gasteiger partial charge in [-0.05, 0) is 43.7 Å². The van der Waals surface area contributed by atoms with Crippen LogP contribution < -0.4 is 15.6 Å². The molecule has 0 aliphatic rings. The molecule has 0 radical (unpaired) electrons. The van der Waals surface area contributed by atoms with Crippen LogP contribution in [0.3, 0.4) is 0 Å². The molecule has 0 saturated carbocycles.